The van der Waals surface area contributed by atoms with E-state index in [-0.39, 0.29) is 22.7 Å². The van der Waals surface area contributed by atoms with Gasteiger partial charge in [0.05, 0.1) is 5.69 Å². The first kappa shape index (κ1) is 15.7. The minimum atomic E-state index is -3.09. The average Bonchev–Trinajstić information content (AvgIpc) is 2.42. The molecule has 0 aliphatic heterocycles. The quantitative estimate of drug-likeness (QED) is 0.651. The summed E-state index contributed by atoms with van der Waals surface area (Å²) in [5.74, 6) is -0.581. The highest BCUT2D eigenvalue weighted by molar-refractivity contribution is 5.77. The van der Waals surface area contributed by atoms with Crippen LogP contribution in [0.5, 0.6) is 11.5 Å². The Morgan fingerprint density at radius 2 is 1.32 bits per heavy atom. The van der Waals surface area contributed by atoms with Crippen molar-refractivity contribution in [2.24, 2.45) is 0 Å². The van der Waals surface area contributed by atoms with Gasteiger partial charge >= 0.3 is 13.2 Å². The van der Waals surface area contributed by atoms with Gasteiger partial charge in [0.15, 0.2) is 0 Å². The molecule has 0 saturated heterocycles. The highest BCUT2D eigenvalue weighted by Crippen LogP contribution is 2.39. The van der Waals surface area contributed by atoms with Gasteiger partial charge in [0.25, 0.3) is 0 Å². The maximum absolute atomic E-state index is 12.5. The number of rotatable bonds is 5. The van der Waals surface area contributed by atoms with Gasteiger partial charge in [-0.25, -0.2) is 0 Å². The predicted molar refractivity (Wildman–Crippen MR) is 74.0 cm³/mol. The Balaban J connectivity index is 2.53. The smallest absolute Gasteiger partial charge is 0.387 e. The SMILES string of the molecule is Nc1ccc(-c2cc(OC(F)F)c(N)cc2OC(F)F)cc1. The van der Waals surface area contributed by atoms with Crippen LogP contribution in [-0.2, 0) is 0 Å². The lowest BCUT2D eigenvalue weighted by Gasteiger charge is -2.15. The van der Waals surface area contributed by atoms with Crippen LogP contribution < -0.4 is 20.9 Å². The van der Waals surface area contributed by atoms with Crippen molar-refractivity contribution in [2.45, 2.75) is 13.2 Å². The van der Waals surface area contributed by atoms with E-state index in [1.807, 2.05) is 0 Å². The average molecular weight is 316 g/mol. The van der Waals surface area contributed by atoms with E-state index in [1.54, 1.807) is 0 Å². The van der Waals surface area contributed by atoms with Crippen molar-refractivity contribution in [1.82, 2.24) is 0 Å². The van der Waals surface area contributed by atoms with Gasteiger partial charge in [-0.3, -0.25) is 0 Å². The summed E-state index contributed by atoms with van der Waals surface area (Å²) < 4.78 is 58.3. The molecule has 0 atom stereocenters. The van der Waals surface area contributed by atoms with E-state index >= 15 is 0 Å². The predicted octanol–water partition coefficient (Wildman–Crippen LogP) is 3.72. The molecule has 8 heteroatoms. The van der Waals surface area contributed by atoms with Gasteiger partial charge in [0.2, 0.25) is 0 Å². The van der Waals surface area contributed by atoms with Crippen molar-refractivity contribution in [3.05, 3.63) is 36.4 Å². The molecule has 0 amide bonds. The van der Waals surface area contributed by atoms with E-state index in [2.05, 4.69) is 9.47 Å². The lowest BCUT2D eigenvalue weighted by atomic mass is 10.0. The summed E-state index contributed by atoms with van der Waals surface area (Å²) >= 11 is 0. The van der Waals surface area contributed by atoms with Gasteiger partial charge in [0.1, 0.15) is 11.5 Å². The fraction of sp³-hybridized carbons (Fsp3) is 0.143. The molecule has 0 spiro atoms. The van der Waals surface area contributed by atoms with Crippen molar-refractivity contribution in [2.75, 3.05) is 11.5 Å². The minimum Gasteiger partial charge on any atom is -0.434 e. The van der Waals surface area contributed by atoms with Crippen LogP contribution in [0.3, 0.4) is 0 Å². The van der Waals surface area contributed by atoms with Crippen LogP contribution in [0.25, 0.3) is 11.1 Å². The normalized spacial score (nSPS) is 11.0. The summed E-state index contributed by atoms with van der Waals surface area (Å²) in [5, 5.41) is 0. The van der Waals surface area contributed by atoms with Crippen molar-refractivity contribution < 1.29 is 27.0 Å². The summed E-state index contributed by atoms with van der Waals surface area (Å²) in [7, 11) is 0. The highest BCUT2D eigenvalue weighted by atomic mass is 19.3. The van der Waals surface area contributed by atoms with Crippen LogP contribution in [-0.4, -0.2) is 13.2 Å². The number of ether oxygens (including phenoxy) is 2. The third-order valence-corrected chi connectivity index (χ3v) is 2.77. The van der Waals surface area contributed by atoms with Crippen molar-refractivity contribution in [3.63, 3.8) is 0 Å². The molecular weight excluding hydrogens is 304 g/mol. The van der Waals surface area contributed by atoms with E-state index in [0.29, 0.717) is 11.3 Å². The molecule has 4 nitrogen and oxygen atoms in total. The molecular formula is C14H12F4N2O2. The third kappa shape index (κ3) is 3.72. The Hall–Kier alpha value is -2.64. The monoisotopic (exact) mass is 316 g/mol. The standard InChI is InChI=1S/C14H12F4N2O2/c15-13(16)21-11-6-10(20)12(22-14(17)18)5-9(11)7-1-3-8(19)4-2-7/h1-6,13-14H,19-20H2. The number of hydrogen-bond acceptors (Lipinski definition) is 4. The maximum atomic E-state index is 12.5. The Morgan fingerprint density at radius 1 is 0.773 bits per heavy atom. The molecule has 2 rings (SSSR count). The zero-order chi connectivity index (χ0) is 16.3. The first-order valence-electron chi connectivity index (χ1n) is 6.06. The zero-order valence-corrected chi connectivity index (χ0v) is 11.1. The Kier molecular flexibility index (Phi) is 4.59. The summed E-state index contributed by atoms with van der Waals surface area (Å²) in [5.41, 5.74) is 11.8. The summed E-state index contributed by atoms with van der Waals surface area (Å²) in [6.07, 6.45) is 0. The molecule has 118 valence electrons. The van der Waals surface area contributed by atoms with Gasteiger partial charge in [0, 0.05) is 17.3 Å². The van der Waals surface area contributed by atoms with Crippen molar-refractivity contribution in [1.29, 1.82) is 0 Å². The van der Waals surface area contributed by atoms with Crippen LogP contribution in [0.2, 0.25) is 0 Å². The first-order valence-corrected chi connectivity index (χ1v) is 6.06. The second-order valence-electron chi connectivity index (χ2n) is 4.27. The van der Waals surface area contributed by atoms with E-state index in [1.165, 1.54) is 24.3 Å². The van der Waals surface area contributed by atoms with Gasteiger partial charge < -0.3 is 20.9 Å². The molecule has 0 radical (unpaired) electrons. The number of anilines is 2. The molecule has 0 bridgehead atoms. The summed E-state index contributed by atoms with van der Waals surface area (Å²) in [6, 6.07) is 8.26. The van der Waals surface area contributed by atoms with Crippen LogP contribution >= 0.6 is 0 Å². The van der Waals surface area contributed by atoms with Crippen molar-refractivity contribution in [3.8, 4) is 22.6 Å². The zero-order valence-electron chi connectivity index (χ0n) is 11.1. The fourth-order valence-corrected chi connectivity index (χ4v) is 1.86. The van der Waals surface area contributed by atoms with E-state index in [0.717, 1.165) is 12.1 Å². The Labute approximate surface area is 123 Å². The summed E-state index contributed by atoms with van der Waals surface area (Å²) in [6.45, 7) is -6.18. The fourth-order valence-electron chi connectivity index (χ4n) is 1.86. The molecule has 2 aromatic rings. The van der Waals surface area contributed by atoms with Gasteiger partial charge in [-0.2, -0.15) is 17.6 Å². The van der Waals surface area contributed by atoms with Gasteiger partial charge in [-0.1, -0.05) is 12.1 Å². The number of nitrogens with two attached hydrogens (primary N) is 2. The molecule has 0 unspecified atom stereocenters. The molecule has 0 heterocycles. The molecule has 2 aromatic carbocycles. The molecule has 22 heavy (non-hydrogen) atoms. The molecule has 0 aromatic heterocycles. The topological polar surface area (TPSA) is 70.5 Å². The van der Waals surface area contributed by atoms with Gasteiger partial charge in [-0.15, -0.1) is 0 Å². The highest BCUT2D eigenvalue weighted by Gasteiger charge is 2.17. The van der Waals surface area contributed by atoms with E-state index < -0.39 is 13.2 Å². The number of hydrogen-bond donors (Lipinski definition) is 2. The minimum absolute atomic E-state index is 0.130. The maximum Gasteiger partial charge on any atom is 0.387 e. The lowest BCUT2D eigenvalue weighted by molar-refractivity contribution is -0.0522. The Bertz CT molecular complexity index is 648. The van der Waals surface area contributed by atoms with Gasteiger partial charge in [-0.05, 0) is 23.8 Å². The van der Waals surface area contributed by atoms with Crippen LogP contribution in [0.15, 0.2) is 36.4 Å². The van der Waals surface area contributed by atoms with Crippen LogP contribution in [0.1, 0.15) is 0 Å². The number of nitrogen functional groups attached to an aromatic ring is 2. The van der Waals surface area contributed by atoms with Crippen LogP contribution in [0, 0.1) is 0 Å². The molecule has 0 aliphatic rings. The Morgan fingerprint density at radius 3 is 1.86 bits per heavy atom. The second kappa shape index (κ2) is 6.42. The van der Waals surface area contributed by atoms with Crippen molar-refractivity contribution >= 4 is 11.4 Å². The van der Waals surface area contributed by atoms with E-state index in [4.69, 9.17) is 11.5 Å². The molecule has 0 fully saturated rings. The number of alkyl halides is 4. The molecule has 4 N–H and O–H groups in total. The number of halogens is 4. The summed E-state index contributed by atoms with van der Waals surface area (Å²) in [4.78, 5) is 0. The largest absolute Gasteiger partial charge is 0.434 e. The van der Waals surface area contributed by atoms with E-state index in [9.17, 15) is 17.6 Å². The molecule has 0 saturated carbocycles. The molecule has 0 aliphatic carbocycles. The number of benzene rings is 2. The first-order chi connectivity index (χ1) is 10.4. The third-order valence-electron chi connectivity index (χ3n) is 2.77. The lowest BCUT2D eigenvalue weighted by Crippen LogP contribution is -2.07. The van der Waals surface area contributed by atoms with Crippen LogP contribution in [0.4, 0.5) is 28.9 Å². The second-order valence-corrected chi connectivity index (χ2v) is 4.27.